The summed E-state index contributed by atoms with van der Waals surface area (Å²) in [5, 5.41) is 3.67. The van der Waals surface area contributed by atoms with Crippen molar-refractivity contribution in [2.24, 2.45) is 0 Å². The summed E-state index contributed by atoms with van der Waals surface area (Å²) in [5.41, 5.74) is 2.89. The van der Waals surface area contributed by atoms with Crippen LogP contribution < -0.4 is 10.1 Å². The molecule has 0 aliphatic heterocycles. The zero-order valence-corrected chi connectivity index (χ0v) is 14.9. The van der Waals surface area contributed by atoms with Crippen LogP contribution in [0.25, 0.3) is 5.69 Å². The predicted molar refractivity (Wildman–Crippen MR) is 101 cm³/mol. The van der Waals surface area contributed by atoms with Crippen LogP contribution in [0.2, 0.25) is 0 Å². The van der Waals surface area contributed by atoms with Crippen LogP contribution >= 0.6 is 11.8 Å². The number of thioether (sulfide) groups is 1. The molecule has 0 spiro atoms. The molecule has 0 saturated carbocycles. The summed E-state index contributed by atoms with van der Waals surface area (Å²) in [7, 11) is 1.64. The van der Waals surface area contributed by atoms with E-state index in [2.05, 4.69) is 10.3 Å². The first-order valence-electron chi connectivity index (χ1n) is 7.83. The molecule has 0 bridgehead atoms. The molecular weight excluding hydrogens is 334 g/mol. The maximum absolute atomic E-state index is 12.2. The molecule has 0 aliphatic carbocycles. The summed E-state index contributed by atoms with van der Waals surface area (Å²) in [4.78, 5) is 16.5. The van der Waals surface area contributed by atoms with E-state index in [9.17, 15) is 4.79 Å². The van der Waals surface area contributed by atoms with Crippen molar-refractivity contribution in [2.75, 3.05) is 18.2 Å². The predicted octanol–water partition coefficient (Wildman–Crippen LogP) is 3.92. The first-order valence-corrected chi connectivity index (χ1v) is 8.81. The zero-order chi connectivity index (χ0) is 17.6. The number of carbonyl (C=O) groups is 1. The molecule has 1 aromatic heterocycles. The van der Waals surface area contributed by atoms with Gasteiger partial charge in [-0.3, -0.25) is 9.36 Å². The SMILES string of the molecule is COc1ccc(-n2ccnc2SCC(=O)Nc2cccc(C)c2)cc1. The standard InChI is InChI=1S/C19H19N3O2S/c1-14-4-3-5-15(12-14)21-18(23)13-25-19-20-10-11-22(19)16-6-8-17(24-2)9-7-16/h3-12H,13H2,1-2H3,(H,21,23). The van der Waals surface area contributed by atoms with E-state index in [-0.39, 0.29) is 5.91 Å². The van der Waals surface area contributed by atoms with Crippen molar-refractivity contribution >= 4 is 23.4 Å². The Hall–Kier alpha value is -2.73. The Bertz CT molecular complexity index is 859. The van der Waals surface area contributed by atoms with Gasteiger partial charge in [-0.25, -0.2) is 4.98 Å². The van der Waals surface area contributed by atoms with Crippen LogP contribution in [0.15, 0.2) is 66.1 Å². The molecule has 2 aromatic carbocycles. The van der Waals surface area contributed by atoms with Crippen LogP contribution in [0.1, 0.15) is 5.56 Å². The van der Waals surface area contributed by atoms with Crippen molar-refractivity contribution in [1.29, 1.82) is 0 Å². The number of rotatable bonds is 6. The lowest BCUT2D eigenvalue weighted by Crippen LogP contribution is -2.14. The zero-order valence-electron chi connectivity index (χ0n) is 14.1. The highest BCUT2D eigenvalue weighted by Gasteiger charge is 2.09. The fourth-order valence-corrected chi connectivity index (χ4v) is 3.16. The van der Waals surface area contributed by atoms with Crippen molar-refractivity contribution in [2.45, 2.75) is 12.1 Å². The van der Waals surface area contributed by atoms with Crippen LogP contribution in [0.3, 0.4) is 0 Å². The molecule has 0 radical (unpaired) electrons. The average Bonchev–Trinajstić information content (AvgIpc) is 3.08. The largest absolute Gasteiger partial charge is 0.497 e. The molecule has 0 saturated heterocycles. The van der Waals surface area contributed by atoms with Crippen LogP contribution in [0, 0.1) is 6.92 Å². The third-order valence-electron chi connectivity index (χ3n) is 3.59. The molecule has 128 valence electrons. The summed E-state index contributed by atoms with van der Waals surface area (Å²) in [6, 6.07) is 15.5. The Morgan fingerprint density at radius 2 is 2.04 bits per heavy atom. The number of nitrogens with zero attached hydrogens (tertiary/aromatic N) is 2. The first-order chi connectivity index (χ1) is 12.2. The van der Waals surface area contributed by atoms with Crippen LogP contribution in [0.5, 0.6) is 5.75 Å². The minimum Gasteiger partial charge on any atom is -0.497 e. The molecule has 0 unspecified atom stereocenters. The van der Waals surface area contributed by atoms with Crippen molar-refractivity contribution in [3.8, 4) is 11.4 Å². The molecule has 6 heteroatoms. The number of imidazole rings is 1. The molecule has 1 amide bonds. The van der Waals surface area contributed by atoms with Gasteiger partial charge in [0.05, 0.1) is 12.9 Å². The van der Waals surface area contributed by atoms with Gasteiger partial charge >= 0.3 is 0 Å². The van der Waals surface area contributed by atoms with E-state index in [0.29, 0.717) is 5.75 Å². The van der Waals surface area contributed by atoms with E-state index < -0.39 is 0 Å². The van der Waals surface area contributed by atoms with E-state index in [1.807, 2.05) is 66.2 Å². The van der Waals surface area contributed by atoms with Crippen LogP contribution in [-0.4, -0.2) is 28.3 Å². The molecule has 0 atom stereocenters. The maximum atomic E-state index is 12.2. The number of aryl methyl sites for hydroxylation is 1. The first kappa shape index (κ1) is 17.1. The molecule has 1 heterocycles. The molecular formula is C19H19N3O2S. The summed E-state index contributed by atoms with van der Waals surface area (Å²) >= 11 is 1.40. The number of methoxy groups -OCH3 is 1. The van der Waals surface area contributed by atoms with Gasteiger partial charge in [-0.05, 0) is 48.9 Å². The molecule has 3 rings (SSSR count). The van der Waals surface area contributed by atoms with Gasteiger partial charge in [-0.2, -0.15) is 0 Å². The fourth-order valence-electron chi connectivity index (χ4n) is 2.39. The van der Waals surface area contributed by atoms with Crippen LogP contribution in [-0.2, 0) is 4.79 Å². The van der Waals surface area contributed by atoms with Gasteiger partial charge in [-0.1, -0.05) is 23.9 Å². The summed E-state index contributed by atoms with van der Waals surface area (Å²) in [6.07, 6.45) is 3.60. The molecule has 0 aliphatic rings. The summed E-state index contributed by atoms with van der Waals surface area (Å²) < 4.78 is 7.13. The Balaban J connectivity index is 1.64. The second kappa shape index (κ2) is 7.90. The molecule has 5 nitrogen and oxygen atoms in total. The van der Waals surface area contributed by atoms with Gasteiger partial charge in [0.2, 0.25) is 5.91 Å². The Kier molecular flexibility index (Phi) is 5.40. The number of benzene rings is 2. The van der Waals surface area contributed by atoms with Gasteiger partial charge in [0.1, 0.15) is 5.75 Å². The lowest BCUT2D eigenvalue weighted by molar-refractivity contribution is -0.113. The molecule has 0 fully saturated rings. The number of amides is 1. The van der Waals surface area contributed by atoms with Gasteiger partial charge in [0, 0.05) is 23.8 Å². The third kappa shape index (κ3) is 4.42. The average molecular weight is 353 g/mol. The second-order valence-electron chi connectivity index (χ2n) is 5.48. The number of hydrogen-bond acceptors (Lipinski definition) is 4. The van der Waals surface area contributed by atoms with E-state index in [1.54, 1.807) is 13.3 Å². The van der Waals surface area contributed by atoms with Crippen molar-refractivity contribution in [3.63, 3.8) is 0 Å². The van der Waals surface area contributed by atoms with Gasteiger partial charge in [0.15, 0.2) is 5.16 Å². The summed E-state index contributed by atoms with van der Waals surface area (Å²) in [5.74, 6) is 1.04. The van der Waals surface area contributed by atoms with Gasteiger partial charge in [0.25, 0.3) is 0 Å². The Morgan fingerprint density at radius 3 is 2.76 bits per heavy atom. The highest BCUT2D eigenvalue weighted by molar-refractivity contribution is 7.99. The van der Waals surface area contributed by atoms with E-state index in [1.165, 1.54) is 11.8 Å². The lowest BCUT2D eigenvalue weighted by atomic mass is 10.2. The van der Waals surface area contributed by atoms with Crippen molar-refractivity contribution in [3.05, 3.63) is 66.5 Å². The van der Waals surface area contributed by atoms with Crippen molar-refractivity contribution in [1.82, 2.24) is 9.55 Å². The molecule has 25 heavy (non-hydrogen) atoms. The van der Waals surface area contributed by atoms with Gasteiger partial charge < -0.3 is 10.1 Å². The van der Waals surface area contributed by atoms with Crippen LogP contribution in [0.4, 0.5) is 5.69 Å². The van der Waals surface area contributed by atoms with E-state index in [0.717, 1.165) is 27.8 Å². The summed E-state index contributed by atoms with van der Waals surface area (Å²) in [6.45, 7) is 2.00. The highest BCUT2D eigenvalue weighted by atomic mass is 32.2. The number of ether oxygens (including phenoxy) is 1. The Labute approximate surface area is 151 Å². The molecule has 3 aromatic rings. The maximum Gasteiger partial charge on any atom is 0.234 e. The molecule has 1 N–H and O–H groups in total. The van der Waals surface area contributed by atoms with E-state index in [4.69, 9.17) is 4.74 Å². The fraction of sp³-hybridized carbons (Fsp3) is 0.158. The topological polar surface area (TPSA) is 56.2 Å². The second-order valence-corrected chi connectivity index (χ2v) is 6.43. The van der Waals surface area contributed by atoms with E-state index >= 15 is 0 Å². The lowest BCUT2D eigenvalue weighted by Gasteiger charge is -2.09. The smallest absolute Gasteiger partial charge is 0.234 e. The van der Waals surface area contributed by atoms with Crippen molar-refractivity contribution < 1.29 is 9.53 Å². The Morgan fingerprint density at radius 1 is 1.24 bits per heavy atom. The normalized spacial score (nSPS) is 10.5. The highest BCUT2D eigenvalue weighted by Crippen LogP contribution is 2.22. The van der Waals surface area contributed by atoms with Gasteiger partial charge in [-0.15, -0.1) is 0 Å². The monoisotopic (exact) mass is 353 g/mol. The number of carbonyl (C=O) groups excluding carboxylic acids is 1. The quantitative estimate of drug-likeness (QED) is 0.683. The third-order valence-corrected chi connectivity index (χ3v) is 4.56. The number of anilines is 1. The number of aromatic nitrogens is 2. The number of nitrogens with one attached hydrogen (secondary N) is 1. The minimum absolute atomic E-state index is 0.0557. The minimum atomic E-state index is -0.0557. The number of hydrogen-bond donors (Lipinski definition) is 1.